The smallest absolute Gasteiger partial charge is 0.308 e. The highest BCUT2D eigenvalue weighted by Gasteiger charge is 2.33. The Balaban J connectivity index is 1.41. The van der Waals surface area contributed by atoms with Crippen molar-refractivity contribution in [2.24, 2.45) is 0 Å². The van der Waals surface area contributed by atoms with Gasteiger partial charge in [-0.3, -0.25) is 4.57 Å². The van der Waals surface area contributed by atoms with Crippen LogP contribution in [0.5, 0.6) is 0 Å². The molecule has 7 nitrogen and oxygen atoms in total. The summed E-state index contributed by atoms with van der Waals surface area (Å²) in [6, 6.07) is 9.52. The second kappa shape index (κ2) is 8.97. The zero-order chi connectivity index (χ0) is 22.7. The van der Waals surface area contributed by atoms with Crippen molar-refractivity contribution in [3.05, 3.63) is 82.3 Å². The number of urea groups is 1. The molecule has 0 fully saturated rings. The third-order valence-electron chi connectivity index (χ3n) is 4.26. The van der Waals surface area contributed by atoms with E-state index in [1.165, 1.54) is 17.6 Å². The molecule has 0 atom stereocenters. The maximum Gasteiger partial charge on any atom is 0.417 e. The molecule has 0 bridgehead atoms. The van der Waals surface area contributed by atoms with Crippen molar-refractivity contribution < 1.29 is 18.0 Å². The van der Waals surface area contributed by atoms with E-state index in [1.54, 1.807) is 41.5 Å². The maximum atomic E-state index is 13.0. The molecule has 0 radical (unpaired) electrons. The molecule has 0 aliphatic carbocycles. The van der Waals surface area contributed by atoms with Crippen LogP contribution in [0.25, 0.3) is 5.95 Å². The van der Waals surface area contributed by atoms with Gasteiger partial charge in [0.15, 0.2) is 0 Å². The second-order valence-corrected chi connectivity index (χ2v) is 7.85. The van der Waals surface area contributed by atoms with Gasteiger partial charge in [0.1, 0.15) is 11.3 Å². The Morgan fingerprint density at radius 1 is 1.12 bits per heavy atom. The minimum Gasteiger partial charge on any atom is -0.308 e. The first-order valence-electron chi connectivity index (χ1n) is 9.12. The Morgan fingerprint density at radius 2 is 1.91 bits per heavy atom. The lowest BCUT2D eigenvalue weighted by atomic mass is 10.1. The number of amides is 2. The summed E-state index contributed by atoms with van der Waals surface area (Å²) in [5.41, 5.74) is 0.300. The molecule has 2 N–H and O–H groups in total. The number of carbonyl (C=O) groups is 1. The van der Waals surface area contributed by atoms with Crippen LogP contribution in [-0.2, 0) is 12.6 Å². The minimum atomic E-state index is -4.62. The average Bonchev–Trinajstić information content (AvgIpc) is 3.41. The van der Waals surface area contributed by atoms with E-state index in [1.807, 2.05) is 6.07 Å². The molecule has 4 aromatic rings. The topological polar surface area (TPSA) is 84.7 Å². The summed E-state index contributed by atoms with van der Waals surface area (Å²) in [4.78, 5) is 20.7. The van der Waals surface area contributed by atoms with Crippen LogP contribution in [-0.4, -0.2) is 24.9 Å². The van der Waals surface area contributed by atoms with Crippen molar-refractivity contribution >= 4 is 40.5 Å². The first-order valence-corrected chi connectivity index (χ1v) is 10.3. The molecular weight excluding hydrogens is 465 g/mol. The largest absolute Gasteiger partial charge is 0.417 e. The van der Waals surface area contributed by atoms with Crippen LogP contribution >= 0.6 is 23.1 Å². The SMILES string of the molecule is O=C(Nc1cccc(Cc2nc(-n3ccnc3)ns2)c1)Nc1ccc(Cl)c(C(F)(F)F)c1. The van der Waals surface area contributed by atoms with E-state index in [9.17, 15) is 18.0 Å². The van der Waals surface area contributed by atoms with E-state index in [2.05, 4.69) is 25.0 Å². The van der Waals surface area contributed by atoms with Gasteiger partial charge in [0.05, 0.1) is 10.6 Å². The number of aromatic nitrogens is 4. The lowest BCUT2D eigenvalue weighted by Gasteiger charge is -2.12. The van der Waals surface area contributed by atoms with Crippen molar-refractivity contribution in [3.8, 4) is 5.95 Å². The first kappa shape index (κ1) is 21.8. The van der Waals surface area contributed by atoms with Crippen LogP contribution in [0.4, 0.5) is 29.3 Å². The molecular formula is C20H14ClF3N6OS. The van der Waals surface area contributed by atoms with Gasteiger partial charge in [-0.25, -0.2) is 14.8 Å². The Labute approximate surface area is 189 Å². The number of carbonyl (C=O) groups excluding carboxylic acids is 1. The fraction of sp³-hybridized carbons (Fsp3) is 0.100. The van der Waals surface area contributed by atoms with E-state index < -0.39 is 22.8 Å². The third-order valence-corrected chi connectivity index (χ3v) is 5.29. The van der Waals surface area contributed by atoms with E-state index in [0.717, 1.165) is 22.7 Å². The molecule has 0 saturated carbocycles. The Kier molecular flexibility index (Phi) is 6.10. The lowest BCUT2D eigenvalue weighted by molar-refractivity contribution is -0.137. The normalized spacial score (nSPS) is 11.4. The van der Waals surface area contributed by atoms with E-state index >= 15 is 0 Å². The number of alkyl halides is 3. The van der Waals surface area contributed by atoms with Gasteiger partial charge in [-0.2, -0.15) is 17.5 Å². The summed E-state index contributed by atoms with van der Waals surface area (Å²) in [6.45, 7) is 0. The first-order chi connectivity index (χ1) is 15.3. The molecule has 2 heterocycles. The highest BCUT2D eigenvalue weighted by atomic mass is 35.5. The molecule has 0 aliphatic rings. The van der Waals surface area contributed by atoms with Crippen LogP contribution in [0.3, 0.4) is 0 Å². The van der Waals surface area contributed by atoms with Gasteiger partial charge >= 0.3 is 12.2 Å². The predicted molar refractivity (Wildman–Crippen MR) is 115 cm³/mol. The van der Waals surface area contributed by atoms with Crippen molar-refractivity contribution in [2.75, 3.05) is 10.6 Å². The fourth-order valence-electron chi connectivity index (χ4n) is 2.85. The zero-order valence-electron chi connectivity index (χ0n) is 16.1. The predicted octanol–water partition coefficient (Wildman–Crippen LogP) is 5.63. The number of halogens is 4. The number of rotatable bonds is 5. The van der Waals surface area contributed by atoms with Crippen LogP contribution in [0.2, 0.25) is 5.02 Å². The van der Waals surface area contributed by atoms with Crippen LogP contribution in [0, 0.1) is 0 Å². The molecule has 2 amide bonds. The Bertz CT molecular complexity index is 1240. The van der Waals surface area contributed by atoms with Gasteiger partial charge in [-0.15, -0.1) is 0 Å². The Morgan fingerprint density at radius 3 is 2.62 bits per heavy atom. The lowest BCUT2D eigenvalue weighted by Crippen LogP contribution is -2.20. The number of nitrogens with one attached hydrogen (secondary N) is 2. The number of nitrogens with zero attached hydrogens (tertiary/aromatic N) is 4. The highest BCUT2D eigenvalue weighted by molar-refractivity contribution is 7.05. The van der Waals surface area contributed by atoms with Crippen LogP contribution < -0.4 is 10.6 Å². The molecule has 32 heavy (non-hydrogen) atoms. The summed E-state index contributed by atoms with van der Waals surface area (Å²) < 4.78 is 45.0. The van der Waals surface area contributed by atoms with Gasteiger partial charge in [0.25, 0.3) is 0 Å². The van der Waals surface area contributed by atoms with Gasteiger partial charge in [0.2, 0.25) is 5.95 Å². The van der Waals surface area contributed by atoms with Gasteiger partial charge in [0, 0.05) is 30.2 Å². The summed E-state index contributed by atoms with van der Waals surface area (Å²) in [7, 11) is 0. The summed E-state index contributed by atoms with van der Waals surface area (Å²) in [6.07, 6.45) is 0.854. The number of benzene rings is 2. The molecule has 0 aliphatic heterocycles. The maximum absolute atomic E-state index is 13.0. The van der Waals surface area contributed by atoms with Crippen molar-refractivity contribution in [1.29, 1.82) is 0 Å². The zero-order valence-corrected chi connectivity index (χ0v) is 17.7. The van der Waals surface area contributed by atoms with Gasteiger partial charge in [-0.05, 0) is 47.4 Å². The summed E-state index contributed by atoms with van der Waals surface area (Å²) in [5, 5.41) is 5.32. The minimum absolute atomic E-state index is 0.0312. The number of imidazole rings is 1. The molecule has 164 valence electrons. The summed E-state index contributed by atoms with van der Waals surface area (Å²) in [5.74, 6) is 0.525. The standard InChI is InChI=1S/C20H14ClF3N6OS/c21-16-5-4-14(10-15(16)20(22,23)24)27-19(31)26-13-3-1-2-12(8-13)9-17-28-18(29-32-17)30-7-6-25-11-30/h1-8,10-11H,9H2,(H2,26,27,31). The van der Waals surface area contributed by atoms with Crippen molar-refractivity contribution in [2.45, 2.75) is 12.6 Å². The van der Waals surface area contributed by atoms with Gasteiger partial charge in [-0.1, -0.05) is 23.7 Å². The number of anilines is 2. The van der Waals surface area contributed by atoms with E-state index in [-0.39, 0.29) is 5.69 Å². The van der Waals surface area contributed by atoms with E-state index in [4.69, 9.17) is 11.6 Å². The second-order valence-electron chi connectivity index (χ2n) is 6.61. The number of hydrogen-bond donors (Lipinski definition) is 2. The molecule has 0 unspecified atom stereocenters. The fourth-order valence-corrected chi connectivity index (χ4v) is 3.75. The third kappa shape index (κ3) is 5.24. The molecule has 4 rings (SSSR count). The molecule has 0 spiro atoms. The molecule has 2 aromatic heterocycles. The monoisotopic (exact) mass is 478 g/mol. The van der Waals surface area contributed by atoms with Crippen molar-refractivity contribution in [3.63, 3.8) is 0 Å². The molecule has 12 heteroatoms. The van der Waals surface area contributed by atoms with E-state index in [0.29, 0.717) is 18.1 Å². The van der Waals surface area contributed by atoms with Crippen molar-refractivity contribution in [1.82, 2.24) is 18.9 Å². The number of hydrogen-bond acceptors (Lipinski definition) is 5. The van der Waals surface area contributed by atoms with Crippen LogP contribution in [0.15, 0.2) is 61.2 Å². The Hall–Kier alpha value is -3.44. The quantitative estimate of drug-likeness (QED) is 0.389. The molecule has 0 saturated heterocycles. The average molecular weight is 479 g/mol. The molecule has 2 aromatic carbocycles. The summed E-state index contributed by atoms with van der Waals surface area (Å²) >= 11 is 6.86. The van der Waals surface area contributed by atoms with Gasteiger partial charge < -0.3 is 10.6 Å². The van der Waals surface area contributed by atoms with Crippen LogP contribution in [0.1, 0.15) is 16.1 Å². The highest BCUT2D eigenvalue weighted by Crippen LogP contribution is 2.36.